The van der Waals surface area contributed by atoms with Gasteiger partial charge >= 0.3 is 0 Å². The third kappa shape index (κ3) is 2.53. The first-order valence-corrected chi connectivity index (χ1v) is 5.95. The number of rotatable bonds is 4. The van der Waals surface area contributed by atoms with Crippen LogP contribution < -0.4 is 5.73 Å². The van der Waals surface area contributed by atoms with Crippen molar-refractivity contribution < 1.29 is 10.2 Å². The van der Waals surface area contributed by atoms with Gasteiger partial charge in [0.25, 0.3) is 0 Å². The van der Waals surface area contributed by atoms with Gasteiger partial charge in [-0.15, -0.1) is 0 Å². The van der Waals surface area contributed by atoms with Crippen molar-refractivity contribution in [2.24, 2.45) is 0 Å². The van der Waals surface area contributed by atoms with Crippen LogP contribution in [0, 0.1) is 0 Å². The molecule has 0 aliphatic carbocycles. The van der Waals surface area contributed by atoms with E-state index in [9.17, 15) is 5.11 Å². The summed E-state index contributed by atoms with van der Waals surface area (Å²) < 4.78 is 0. The highest BCUT2D eigenvalue weighted by Gasteiger charge is 2.14. The lowest BCUT2D eigenvalue weighted by Gasteiger charge is -2.16. The fourth-order valence-electron chi connectivity index (χ4n) is 2.02. The highest BCUT2D eigenvalue weighted by Crippen LogP contribution is 2.28. The second kappa shape index (κ2) is 5.67. The van der Waals surface area contributed by atoms with Crippen LogP contribution in [0.3, 0.4) is 0 Å². The molecule has 1 atom stereocenters. The molecular formula is C15H17NO2. The van der Waals surface area contributed by atoms with E-state index in [0.29, 0.717) is 17.7 Å². The monoisotopic (exact) mass is 243 g/mol. The van der Waals surface area contributed by atoms with Gasteiger partial charge in [-0.25, -0.2) is 0 Å². The number of anilines is 1. The summed E-state index contributed by atoms with van der Waals surface area (Å²) in [5.74, 6) is 0. The largest absolute Gasteiger partial charge is 0.398 e. The van der Waals surface area contributed by atoms with Gasteiger partial charge < -0.3 is 15.9 Å². The van der Waals surface area contributed by atoms with Gasteiger partial charge in [-0.05, 0) is 17.5 Å². The molecule has 18 heavy (non-hydrogen) atoms. The van der Waals surface area contributed by atoms with E-state index in [0.717, 1.165) is 11.1 Å². The Kier molecular flexibility index (Phi) is 3.97. The van der Waals surface area contributed by atoms with Crippen LogP contribution in [0.1, 0.15) is 22.8 Å². The van der Waals surface area contributed by atoms with Crippen molar-refractivity contribution in [3.63, 3.8) is 0 Å². The maximum absolute atomic E-state index is 10.3. The molecule has 0 fully saturated rings. The highest BCUT2D eigenvalue weighted by molar-refractivity contribution is 5.56. The summed E-state index contributed by atoms with van der Waals surface area (Å²) in [6, 6.07) is 14.9. The molecule has 2 rings (SSSR count). The van der Waals surface area contributed by atoms with Gasteiger partial charge in [0.15, 0.2) is 0 Å². The van der Waals surface area contributed by atoms with Gasteiger partial charge in [0, 0.05) is 17.9 Å². The molecule has 3 nitrogen and oxygen atoms in total. The fourth-order valence-corrected chi connectivity index (χ4v) is 2.02. The maximum Gasteiger partial charge on any atom is 0.106 e. The van der Waals surface area contributed by atoms with Crippen molar-refractivity contribution in [3.8, 4) is 0 Å². The van der Waals surface area contributed by atoms with Gasteiger partial charge in [-0.3, -0.25) is 0 Å². The molecule has 0 unspecified atom stereocenters. The van der Waals surface area contributed by atoms with Crippen LogP contribution in [-0.4, -0.2) is 16.8 Å². The van der Waals surface area contributed by atoms with Crippen LogP contribution in [0.15, 0.2) is 48.5 Å². The SMILES string of the molecule is Nc1c(CCO)cccc1[C@@H](O)c1ccccc1. The van der Waals surface area contributed by atoms with E-state index in [2.05, 4.69) is 0 Å². The molecule has 0 radical (unpaired) electrons. The molecule has 0 spiro atoms. The smallest absolute Gasteiger partial charge is 0.106 e. The number of aliphatic hydroxyl groups excluding tert-OH is 2. The second-order valence-electron chi connectivity index (χ2n) is 4.21. The molecule has 0 saturated carbocycles. The number of hydrogen-bond donors (Lipinski definition) is 3. The molecule has 0 amide bonds. The number of nitrogens with two attached hydrogens (primary N) is 1. The van der Waals surface area contributed by atoms with E-state index in [1.54, 1.807) is 0 Å². The normalized spacial score (nSPS) is 12.3. The number of benzene rings is 2. The first-order chi connectivity index (χ1) is 8.74. The average molecular weight is 243 g/mol. The van der Waals surface area contributed by atoms with Gasteiger partial charge in [0.1, 0.15) is 6.10 Å². The van der Waals surface area contributed by atoms with Crippen molar-refractivity contribution >= 4 is 5.69 Å². The Bertz CT molecular complexity index is 511. The summed E-state index contributed by atoms with van der Waals surface area (Å²) >= 11 is 0. The first-order valence-electron chi connectivity index (χ1n) is 5.95. The zero-order valence-corrected chi connectivity index (χ0v) is 10.1. The summed E-state index contributed by atoms with van der Waals surface area (Å²) in [4.78, 5) is 0. The van der Waals surface area contributed by atoms with Crippen LogP contribution in [0.25, 0.3) is 0 Å². The quantitative estimate of drug-likeness (QED) is 0.718. The van der Waals surface area contributed by atoms with Gasteiger partial charge in [0.05, 0.1) is 0 Å². The van der Waals surface area contributed by atoms with E-state index >= 15 is 0 Å². The van der Waals surface area contributed by atoms with Crippen LogP contribution >= 0.6 is 0 Å². The van der Waals surface area contributed by atoms with Crippen molar-refractivity contribution in [3.05, 3.63) is 65.2 Å². The topological polar surface area (TPSA) is 66.5 Å². The lowest BCUT2D eigenvalue weighted by molar-refractivity contribution is 0.221. The number of hydrogen-bond acceptors (Lipinski definition) is 3. The molecule has 0 bridgehead atoms. The van der Waals surface area contributed by atoms with Crippen molar-refractivity contribution in [1.29, 1.82) is 0 Å². The van der Waals surface area contributed by atoms with Crippen LogP contribution in [0.4, 0.5) is 5.69 Å². The Morgan fingerprint density at radius 2 is 1.72 bits per heavy atom. The summed E-state index contributed by atoms with van der Waals surface area (Å²) in [5, 5.41) is 19.3. The molecule has 0 saturated heterocycles. The summed E-state index contributed by atoms with van der Waals surface area (Å²) in [6.45, 7) is 0.0507. The number of aliphatic hydroxyl groups is 2. The van der Waals surface area contributed by atoms with Gasteiger partial charge in [-0.2, -0.15) is 0 Å². The maximum atomic E-state index is 10.3. The summed E-state index contributed by atoms with van der Waals surface area (Å²) in [6.07, 6.45) is -0.230. The van der Waals surface area contributed by atoms with E-state index in [1.807, 2.05) is 48.5 Å². The predicted octanol–water partition coefficient (Wildman–Crippen LogP) is 1.89. The number of para-hydroxylation sites is 1. The highest BCUT2D eigenvalue weighted by atomic mass is 16.3. The van der Waals surface area contributed by atoms with Crippen LogP contribution in [-0.2, 0) is 6.42 Å². The first kappa shape index (κ1) is 12.6. The summed E-state index contributed by atoms with van der Waals surface area (Å²) in [7, 11) is 0. The lowest BCUT2D eigenvalue weighted by Crippen LogP contribution is -2.07. The third-order valence-electron chi connectivity index (χ3n) is 3.02. The van der Waals surface area contributed by atoms with Gasteiger partial charge in [0.2, 0.25) is 0 Å². The zero-order chi connectivity index (χ0) is 13.0. The molecule has 0 aliphatic rings. The van der Waals surface area contributed by atoms with E-state index in [-0.39, 0.29) is 6.61 Å². The van der Waals surface area contributed by atoms with Gasteiger partial charge in [-0.1, -0.05) is 48.5 Å². The zero-order valence-electron chi connectivity index (χ0n) is 10.1. The lowest BCUT2D eigenvalue weighted by atomic mass is 9.96. The molecular weight excluding hydrogens is 226 g/mol. The summed E-state index contributed by atoms with van der Waals surface area (Å²) in [5.41, 5.74) is 8.96. The predicted molar refractivity (Wildman–Crippen MR) is 72.1 cm³/mol. The minimum absolute atomic E-state index is 0.0507. The molecule has 0 heterocycles. The molecule has 94 valence electrons. The molecule has 4 N–H and O–H groups in total. The minimum Gasteiger partial charge on any atom is -0.398 e. The number of nitrogen functional groups attached to an aromatic ring is 1. The Balaban J connectivity index is 2.36. The Labute approximate surface area is 107 Å². The Morgan fingerprint density at radius 1 is 1.00 bits per heavy atom. The van der Waals surface area contributed by atoms with E-state index < -0.39 is 6.10 Å². The minimum atomic E-state index is -0.732. The molecule has 0 aliphatic heterocycles. The molecule has 2 aromatic carbocycles. The fraction of sp³-hybridized carbons (Fsp3) is 0.200. The molecule has 3 heteroatoms. The Morgan fingerprint density at radius 3 is 2.39 bits per heavy atom. The van der Waals surface area contributed by atoms with Crippen molar-refractivity contribution in [2.75, 3.05) is 12.3 Å². The average Bonchev–Trinajstić information content (AvgIpc) is 2.42. The van der Waals surface area contributed by atoms with Crippen LogP contribution in [0.5, 0.6) is 0 Å². The van der Waals surface area contributed by atoms with E-state index in [4.69, 9.17) is 10.8 Å². The Hall–Kier alpha value is -1.84. The third-order valence-corrected chi connectivity index (χ3v) is 3.02. The standard InChI is InChI=1S/C15H17NO2/c16-14-11(9-10-17)7-4-8-13(14)15(18)12-5-2-1-3-6-12/h1-8,15,17-18H,9-10,16H2/t15-/m0/s1. The second-order valence-corrected chi connectivity index (χ2v) is 4.21. The molecule has 0 aromatic heterocycles. The van der Waals surface area contributed by atoms with Crippen LogP contribution in [0.2, 0.25) is 0 Å². The van der Waals surface area contributed by atoms with Crippen molar-refractivity contribution in [1.82, 2.24) is 0 Å². The van der Waals surface area contributed by atoms with Crippen molar-refractivity contribution in [2.45, 2.75) is 12.5 Å². The molecule has 2 aromatic rings. The van der Waals surface area contributed by atoms with E-state index in [1.165, 1.54) is 0 Å².